The summed E-state index contributed by atoms with van der Waals surface area (Å²) >= 11 is 0. The first kappa shape index (κ1) is 20.2. The molecule has 7 nitrogen and oxygen atoms in total. The van der Waals surface area contributed by atoms with Gasteiger partial charge in [-0.1, -0.05) is 24.3 Å². The fourth-order valence-electron chi connectivity index (χ4n) is 3.45. The molecular formula is C21H28N4O3. The van der Waals surface area contributed by atoms with Crippen molar-refractivity contribution in [3.05, 3.63) is 51.9 Å². The number of amides is 1. The smallest absolute Gasteiger partial charge is 0.251 e. The first-order chi connectivity index (χ1) is 13.5. The van der Waals surface area contributed by atoms with Gasteiger partial charge in [0, 0.05) is 64.8 Å². The third-order valence-corrected chi connectivity index (χ3v) is 5.02. The van der Waals surface area contributed by atoms with Crippen molar-refractivity contribution in [3.8, 4) is 11.4 Å². The number of benzene rings is 1. The number of carbonyl (C=O) groups is 1. The van der Waals surface area contributed by atoms with E-state index in [-0.39, 0.29) is 11.5 Å². The minimum Gasteiger partial charge on any atom is -0.384 e. The van der Waals surface area contributed by atoms with Crippen LogP contribution in [0.4, 0.5) is 0 Å². The summed E-state index contributed by atoms with van der Waals surface area (Å²) in [7, 11) is 1.63. The van der Waals surface area contributed by atoms with Crippen molar-refractivity contribution >= 4 is 5.91 Å². The highest BCUT2D eigenvalue weighted by Crippen LogP contribution is 2.17. The molecule has 0 atom stereocenters. The summed E-state index contributed by atoms with van der Waals surface area (Å²) < 4.78 is 5.07. The van der Waals surface area contributed by atoms with Gasteiger partial charge in [0.1, 0.15) is 5.82 Å². The number of aromatic amines is 1. The van der Waals surface area contributed by atoms with Gasteiger partial charge in [0.25, 0.3) is 5.56 Å². The molecule has 1 aliphatic heterocycles. The van der Waals surface area contributed by atoms with Crippen LogP contribution >= 0.6 is 0 Å². The van der Waals surface area contributed by atoms with E-state index in [2.05, 4.69) is 27.0 Å². The van der Waals surface area contributed by atoms with Crippen LogP contribution in [-0.4, -0.2) is 65.6 Å². The molecule has 1 aromatic carbocycles. The number of carbonyl (C=O) groups excluding carboxylic acids is 1. The first-order valence-corrected chi connectivity index (χ1v) is 9.71. The van der Waals surface area contributed by atoms with E-state index < -0.39 is 0 Å². The van der Waals surface area contributed by atoms with E-state index in [9.17, 15) is 9.59 Å². The largest absolute Gasteiger partial charge is 0.384 e. The zero-order valence-corrected chi connectivity index (χ0v) is 16.6. The second-order valence-corrected chi connectivity index (χ2v) is 7.16. The van der Waals surface area contributed by atoms with Gasteiger partial charge in [-0.15, -0.1) is 0 Å². The standard InChI is InChI=1S/C21H28N4O3/c1-16(26)25-10-3-9-24(11-12-25)15-17-4-6-18(7-5-17)21-22-19(8-13-28-2)14-20(27)23-21/h4-7,14H,3,8-13,15H2,1-2H3,(H,22,23,27). The van der Waals surface area contributed by atoms with Crippen LogP contribution in [0.1, 0.15) is 24.6 Å². The van der Waals surface area contributed by atoms with Crippen molar-refractivity contribution in [2.75, 3.05) is 39.9 Å². The molecule has 2 heterocycles. The maximum absolute atomic E-state index is 11.9. The number of methoxy groups -OCH3 is 1. The number of hydrogen-bond donors (Lipinski definition) is 1. The zero-order chi connectivity index (χ0) is 19.9. The third-order valence-electron chi connectivity index (χ3n) is 5.02. The Balaban J connectivity index is 1.66. The van der Waals surface area contributed by atoms with Crippen LogP contribution in [0.15, 0.2) is 35.1 Å². The van der Waals surface area contributed by atoms with Crippen molar-refractivity contribution in [2.45, 2.75) is 26.3 Å². The van der Waals surface area contributed by atoms with Gasteiger partial charge in [0.05, 0.1) is 12.3 Å². The van der Waals surface area contributed by atoms with Gasteiger partial charge in [-0.05, 0) is 12.0 Å². The fraction of sp³-hybridized carbons (Fsp3) is 0.476. The molecular weight excluding hydrogens is 356 g/mol. The van der Waals surface area contributed by atoms with E-state index in [4.69, 9.17) is 4.74 Å². The van der Waals surface area contributed by atoms with Crippen LogP contribution in [0.5, 0.6) is 0 Å². The van der Waals surface area contributed by atoms with Crippen molar-refractivity contribution in [1.82, 2.24) is 19.8 Å². The maximum atomic E-state index is 11.9. The Bertz CT molecular complexity index is 847. The highest BCUT2D eigenvalue weighted by atomic mass is 16.5. The molecule has 7 heteroatoms. The van der Waals surface area contributed by atoms with Crippen molar-refractivity contribution < 1.29 is 9.53 Å². The number of nitrogens with one attached hydrogen (secondary N) is 1. The number of rotatable bonds is 6. The predicted octanol–water partition coefficient (Wildman–Crippen LogP) is 1.68. The van der Waals surface area contributed by atoms with Gasteiger partial charge in [0.2, 0.25) is 5.91 Å². The van der Waals surface area contributed by atoms with E-state index in [1.807, 2.05) is 17.0 Å². The lowest BCUT2D eigenvalue weighted by Gasteiger charge is -2.21. The van der Waals surface area contributed by atoms with Crippen molar-refractivity contribution in [3.63, 3.8) is 0 Å². The highest BCUT2D eigenvalue weighted by Gasteiger charge is 2.16. The zero-order valence-electron chi connectivity index (χ0n) is 16.6. The van der Waals surface area contributed by atoms with Crippen LogP contribution in [0.25, 0.3) is 11.4 Å². The predicted molar refractivity (Wildman–Crippen MR) is 108 cm³/mol. The van der Waals surface area contributed by atoms with Crippen molar-refractivity contribution in [1.29, 1.82) is 0 Å². The van der Waals surface area contributed by atoms with Crippen LogP contribution in [-0.2, 0) is 22.5 Å². The molecule has 1 aliphatic rings. The summed E-state index contributed by atoms with van der Waals surface area (Å²) in [5.74, 6) is 0.734. The maximum Gasteiger partial charge on any atom is 0.251 e. The summed E-state index contributed by atoms with van der Waals surface area (Å²) in [4.78, 5) is 35.1. The molecule has 150 valence electrons. The van der Waals surface area contributed by atoms with Gasteiger partial charge in [-0.25, -0.2) is 4.98 Å². The summed E-state index contributed by atoms with van der Waals surface area (Å²) in [6.07, 6.45) is 1.61. The number of hydrogen-bond acceptors (Lipinski definition) is 5. The van der Waals surface area contributed by atoms with Crippen LogP contribution in [0.3, 0.4) is 0 Å². The van der Waals surface area contributed by atoms with E-state index in [1.54, 1.807) is 14.0 Å². The molecule has 1 fully saturated rings. The Morgan fingerprint density at radius 3 is 2.68 bits per heavy atom. The lowest BCUT2D eigenvalue weighted by molar-refractivity contribution is -0.128. The molecule has 1 aromatic heterocycles. The number of aromatic nitrogens is 2. The molecule has 2 aromatic rings. The molecule has 0 bridgehead atoms. The van der Waals surface area contributed by atoms with Gasteiger partial charge in [-0.2, -0.15) is 0 Å². The molecule has 0 saturated carbocycles. The molecule has 0 unspecified atom stereocenters. The summed E-state index contributed by atoms with van der Waals surface area (Å²) in [6.45, 7) is 6.52. The van der Waals surface area contributed by atoms with E-state index >= 15 is 0 Å². The van der Waals surface area contributed by atoms with Gasteiger partial charge < -0.3 is 14.6 Å². The monoisotopic (exact) mass is 384 g/mol. The molecule has 3 rings (SSSR count). The Morgan fingerprint density at radius 1 is 1.18 bits per heavy atom. The quantitative estimate of drug-likeness (QED) is 0.820. The van der Waals surface area contributed by atoms with Gasteiger partial charge >= 0.3 is 0 Å². The average Bonchev–Trinajstić information content (AvgIpc) is 2.92. The molecule has 1 amide bonds. The first-order valence-electron chi connectivity index (χ1n) is 9.71. The third kappa shape index (κ3) is 5.50. The van der Waals surface area contributed by atoms with Crippen LogP contribution in [0.2, 0.25) is 0 Å². The van der Waals surface area contributed by atoms with Gasteiger partial charge in [0.15, 0.2) is 0 Å². The van der Waals surface area contributed by atoms with E-state index in [0.717, 1.165) is 50.4 Å². The lowest BCUT2D eigenvalue weighted by Crippen LogP contribution is -2.33. The SMILES string of the molecule is COCCc1cc(=O)[nH]c(-c2ccc(CN3CCCN(C(C)=O)CC3)cc2)n1. The Morgan fingerprint density at radius 2 is 1.96 bits per heavy atom. The lowest BCUT2D eigenvalue weighted by atomic mass is 10.1. The highest BCUT2D eigenvalue weighted by molar-refractivity contribution is 5.73. The Hall–Kier alpha value is -2.51. The number of ether oxygens (including phenoxy) is 1. The summed E-state index contributed by atoms with van der Waals surface area (Å²) in [5, 5.41) is 0. The molecule has 1 N–H and O–H groups in total. The topological polar surface area (TPSA) is 78.5 Å². The molecule has 0 radical (unpaired) electrons. The second-order valence-electron chi connectivity index (χ2n) is 7.16. The van der Waals surface area contributed by atoms with E-state index in [1.165, 1.54) is 11.6 Å². The minimum absolute atomic E-state index is 0.153. The Kier molecular flexibility index (Phi) is 6.95. The second kappa shape index (κ2) is 9.61. The van der Waals surface area contributed by atoms with Gasteiger partial charge in [-0.3, -0.25) is 14.5 Å². The van der Waals surface area contributed by atoms with Crippen LogP contribution in [0, 0.1) is 0 Å². The number of nitrogens with zero attached hydrogens (tertiary/aromatic N) is 3. The summed E-state index contributed by atoms with van der Waals surface area (Å²) in [5.41, 5.74) is 2.67. The fourth-order valence-corrected chi connectivity index (χ4v) is 3.45. The molecule has 28 heavy (non-hydrogen) atoms. The minimum atomic E-state index is -0.153. The Labute approximate surface area is 165 Å². The molecule has 0 spiro atoms. The average molecular weight is 384 g/mol. The van der Waals surface area contributed by atoms with Crippen LogP contribution < -0.4 is 5.56 Å². The molecule has 1 saturated heterocycles. The molecule has 0 aliphatic carbocycles. The normalized spacial score (nSPS) is 15.4. The van der Waals surface area contributed by atoms with Crippen molar-refractivity contribution in [2.24, 2.45) is 0 Å². The van der Waals surface area contributed by atoms with E-state index in [0.29, 0.717) is 18.9 Å². The number of H-pyrrole nitrogens is 1. The summed E-state index contributed by atoms with van der Waals surface area (Å²) in [6, 6.07) is 9.65.